The number of hydrogen-bond acceptors (Lipinski definition) is 5. The standard InChI is InChI=1S/C19H15ClFN3O4/c1-10(17(25)22-15-8-7-11(21)9-14(15)20)28-19(27)16-12-5-3-4-6-13(12)18(26)24(2)23-16/h3-10H,1-2H3,(H,22,25)/t10-/m0/s1. The first-order valence-corrected chi connectivity index (χ1v) is 8.58. The van der Waals surface area contributed by atoms with E-state index in [9.17, 15) is 18.8 Å². The van der Waals surface area contributed by atoms with Crippen LogP contribution < -0.4 is 10.9 Å². The van der Waals surface area contributed by atoms with Gasteiger partial charge in [0.1, 0.15) is 5.82 Å². The molecule has 7 nitrogen and oxygen atoms in total. The van der Waals surface area contributed by atoms with Crippen molar-refractivity contribution in [3.05, 3.63) is 69.4 Å². The molecule has 1 amide bonds. The topological polar surface area (TPSA) is 90.3 Å². The van der Waals surface area contributed by atoms with Crippen LogP contribution >= 0.6 is 11.6 Å². The lowest BCUT2D eigenvalue weighted by atomic mass is 10.1. The Morgan fingerprint density at radius 3 is 2.57 bits per heavy atom. The highest BCUT2D eigenvalue weighted by atomic mass is 35.5. The van der Waals surface area contributed by atoms with Crippen LogP contribution in [0.25, 0.3) is 10.8 Å². The number of nitrogens with one attached hydrogen (secondary N) is 1. The normalized spacial score (nSPS) is 11.9. The van der Waals surface area contributed by atoms with Crippen molar-refractivity contribution < 1.29 is 18.7 Å². The molecule has 0 fully saturated rings. The van der Waals surface area contributed by atoms with Crippen molar-refractivity contribution in [2.75, 3.05) is 5.32 Å². The molecule has 2 aromatic carbocycles. The summed E-state index contributed by atoms with van der Waals surface area (Å²) in [5.41, 5.74) is -0.261. The van der Waals surface area contributed by atoms with E-state index in [0.717, 1.165) is 16.8 Å². The first-order valence-electron chi connectivity index (χ1n) is 8.21. The molecule has 1 heterocycles. The van der Waals surface area contributed by atoms with E-state index in [1.807, 2.05) is 0 Å². The van der Waals surface area contributed by atoms with Gasteiger partial charge in [-0.3, -0.25) is 9.59 Å². The van der Waals surface area contributed by atoms with E-state index in [0.29, 0.717) is 10.8 Å². The number of ether oxygens (including phenoxy) is 1. The van der Waals surface area contributed by atoms with E-state index < -0.39 is 23.8 Å². The Kier molecular flexibility index (Phi) is 5.41. The smallest absolute Gasteiger partial charge is 0.360 e. The van der Waals surface area contributed by atoms with Gasteiger partial charge < -0.3 is 10.1 Å². The number of carbonyl (C=O) groups is 2. The molecule has 0 aliphatic rings. The van der Waals surface area contributed by atoms with Gasteiger partial charge >= 0.3 is 5.97 Å². The molecule has 0 spiro atoms. The zero-order valence-electron chi connectivity index (χ0n) is 14.9. The molecular weight excluding hydrogens is 389 g/mol. The predicted octanol–water partition coefficient (Wildman–Crippen LogP) is 2.91. The summed E-state index contributed by atoms with van der Waals surface area (Å²) in [7, 11) is 1.41. The van der Waals surface area contributed by atoms with Crippen molar-refractivity contribution >= 4 is 39.9 Å². The molecule has 1 N–H and O–H groups in total. The van der Waals surface area contributed by atoms with Gasteiger partial charge in [0.15, 0.2) is 11.8 Å². The van der Waals surface area contributed by atoms with Crippen LogP contribution in [0, 0.1) is 5.82 Å². The minimum absolute atomic E-state index is 0.0117. The number of amides is 1. The third kappa shape index (κ3) is 3.86. The Bertz CT molecular complexity index is 1150. The number of esters is 1. The van der Waals surface area contributed by atoms with Crippen LogP contribution in [0.3, 0.4) is 0 Å². The predicted molar refractivity (Wildman–Crippen MR) is 102 cm³/mol. The number of rotatable bonds is 4. The summed E-state index contributed by atoms with van der Waals surface area (Å²) in [6.07, 6.45) is -1.19. The van der Waals surface area contributed by atoms with Gasteiger partial charge in [0.2, 0.25) is 0 Å². The SMILES string of the molecule is C[C@H](OC(=O)c1nn(C)c(=O)c2ccccc12)C(=O)Nc1ccc(F)cc1Cl. The molecular formula is C19H15ClFN3O4. The zero-order chi connectivity index (χ0) is 20.4. The zero-order valence-corrected chi connectivity index (χ0v) is 15.7. The highest BCUT2D eigenvalue weighted by Crippen LogP contribution is 2.23. The van der Waals surface area contributed by atoms with Gasteiger partial charge in [-0.1, -0.05) is 29.8 Å². The minimum atomic E-state index is -1.19. The molecule has 0 bridgehead atoms. The number of fused-ring (bicyclic) bond motifs is 1. The van der Waals surface area contributed by atoms with Crippen LogP contribution in [0.5, 0.6) is 0 Å². The number of halogens is 2. The molecule has 0 aliphatic heterocycles. The maximum atomic E-state index is 13.1. The summed E-state index contributed by atoms with van der Waals surface area (Å²) in [5, 5.41) is 7.06. The minimum Gasteiger partial charge on any atom is -0.448 e. The van der Waals surface area contributed by atoms with E-state index >= 15 is 0 Å². The molecule has 1 atom stereocenters. The molecule has 3 rings (SSSR count). The number of nitrogens with zero attached hydrogens (tertiary/aromatic N) is 2. The van der Waals surface area contributed by atoms with Crippen molar-refractivity contribution in [3.8, 4) is 0 Å². The van der Waals surface area contributed by atoms with E-state index in [1.54, 1.807) is 24.3 Å². The van der Waals surface area contributed by atoms with E-state index in [1.165, 1.54) is 20.0 Å². The van der Waals surface area contributed by atoms with Crippen molar-refractivity contribution in [2.45, 2.75) is 13.0 Å². The van der Waals surface area contributed by atoms with E-state index in [4.69, 9.17) is 16.3 Å². The van der Waals surface area contributed by atoms with Gasteiger partial charge in [0.05, 0.1) is 16.1 Å². The van der Waals surface area contributed by atoms with Gasteiger partial charge in [0.25, 0.3) is 11.5 Å². The number of aromatic nitrogens is 2. The lowest BCUT2D eigenvalue weighted by Gasteiger charge is -2.15. The molecule has 0 saturated carbocycles. The Labute approximate surface area is 163 Å². The summed E-state index contributed by atoms with van der Waals surface area (Å²) < 4.78 is 19.3. The average Bonchev–Trinajstić information content (AvgIpc) is 2.66. The second-order valence-electron chi connectivity index (χ2n) is 5.98. The first kappa shape index (κ1) is 19.5. The Morgan fingerprint density at radius 1 is 1.21 bits per heavy atom. The highest BCUT2D eigenvalue weighted by molar-refractivity contribution is 6.33. The summed E-state index contributed by atoms with van der Waals surface area (Å²) in [5.74, 6) is -2.06. The fraction of sp³-hybridized carbons (Fsp3) is 0.158. The van der Waals surface area contributed by atoms with Crippen LogP contribution in [0.4, 0.5) is 10.1 Å². The largest absolute Gasteiger partial charge is 0.448 e. The number of benzene rings is 2. The number of aryl methyl sites for hydroxylation is 1. The molecule has 9 heteroatoms. The molecule has 0 unspecified atom stereocenters. The van der Waals surface area contributed by atoms with E-state index in [-0.39, 0.29) is 22.0 Å². The molecule has 28 heavy (non-hydrogen) atoms. The number of anilines is 1. The first-order chi connectivity index (χ1) is 13.3. The van der Waals surface area contributed by atoms with Gasteiger partial charge in [-0.2, -0.15) is 5.10 Å². The van der Waals surface area contributed by atoms with Crippen LogP contribution in [0.1, 0.15) is 17.4 Å². The van der Waals surface area contributed by atoms with Gasteiger partial charge in [-0.15, -0.1) is 0 Å². The third-order valence-electron chi connectivity index (χ3n) is 3.99. The van der Waals surface area contributed by atoms with Gasteiger partial charge in [-0.05, 0) is 31.2 Å². The van der Waals surface area contributed by atoms with Crippen molar-refractivity contribution in [2.24, 2.45) is 7.05 Å². The van der Waals surface area contributed by atoms with Crippen LogP contribution in [-0.4, -0.2) is 27.8 Å². The molecule has 0 radical (unpaired) electrons. The summed E-state index contributed by atoms with van der Waals surface area (Å²) in [4.78, 5) is 37.0. The van der Waals surface area contributed by atoms with Gasteiger partial charge in [-0.25, -0.2) is 13.9 Å². The Morgan fingerprint density at radius 2 is 1.89 bits per heavy atom. The molecule has 144 valence electrons. The van der Waals surface area contributed by atoms with Crippen LogP contribution in [0.2, 0.25) is 5.02 Å². The fourth-order valence-electron chi connectivity index (χ4n) is 2.55. The van der Waals surface area contributed by atoms with E-state index in [2.05, 4.69) is 10.4 Å². The average molecular weight is 404 g/mol. The highest BCUT2D eigenvalue weighted by Gasteiger charge is 2.23. The quantitative estimate of drug-likeness (QED) is 0.676. The van der Waals surface area contributed by atoms with Crippen molar-refractivity contribution in [1.82, 2.24) is 9.78 Å². The summed E-state index contributed by atoms with van der Waals surface area (Å²) in [6, 6.07) is 9.96. The lowest BCUT2D eigenvalue weighted by molar-refractivity contribution is -0.123. The number of hydrogen-bond donors (Lipinski definition) is 1. The Hall–Kier alpha value is -3.26. The molecule has 0 aliphatic carbocycles. The van der Waals surface area contributed by atoms with Crippen LogP contribution in [0.15, 0.2) is 47.3 Å². The molecule has 0 saturated heterocycles. The Balaban J connectivity index is 1.81. The number of carbonyl (C=O) groups excluding carboxylic acids is 2. The summed E-state index contributed by atoms with van der Waals surface area (Å²) >= 11 is 5.87. The third-order valence-corrected chi connectivity index (χ3v) is 4.30. The van der Waals surface area contributed by atoms with Crippen LogP contribution in [-0.2, 0) is 16.6 Å². The second kappa shape index (κ2) is 7.77. The van der Waals surface area contributed by atoms with Crippen molar-refractivity contribution in [1.29, 1.82) is 0 Å². The molecule has 1 aromatic heterocycles. The van der Waals surface area contributed by atoms with Gasteiger partial charge in [0, 0.05) is 12.4 Å². The maximum absolute atomic E-state index is 13.1. The monoisotopic (exact) mass is 403 g/mol. The lowest BCUT2D eigenvalue weighted by Crippen LogP contribution is -2.31. The molecule has 3 aromatic rings. The van der Waals surface area contributed by atoms with Crippen molar-refractivity contribution in [3.63, 3.8) is 0 Å². The summed E-state index contributed by atoms with van der Waals surface area (Å²) in [6.45, 7) is 1.37. The fourth-order valence-corrected chi connectivity index (χ4v) is 2.76. The second-order valence-corrected chi connectivity index (χ2v) is 6.39. The maximum Gasteiger partial charge on any atom is 0.360 e.